The van der Waals surface area contributed by atoms with Gasteiger partial charge in [-0.2, -0.15) is 0 Å². The Morgan fingerprint density at radius 2 is 2.04 bits per heavy atom. The lowest BCUT2D eigenvalue weighted by atomic mass is 9.92. The van der Waals surface area contributed by atoms with Gasteiger partial charge in [0.15, 0.2) is 5.60 Å². The predicted octanol–water partition coefficient (Wildman–Crippen LogP) is 2.51. The molecule has 0 fully saturated rings. The van der Waals surface area contributed by atoms with Crippen LogP contribution in [0.25, 0.3) is 0 Å². The fourth-order valence-corrected chi connectivity index (χ4v) is 2.84. The summed E-state index contributed by atoms with van der Waals surface area (Å²) in [4.78, 5) is 26.0. The molecule has 126 valence electrons. The maximum absolute atomic E-state index is 13.0. The molecule has 6 nitrogen and oxygen atoms in total. The van der Waals surface area contributed by atoms with E-state index in [1.165, 1.54) is 7.11 Å². The molecule has 2 rings (SSSR count). The number of anilines is 2. The monoisotopic (exact) mass is 320 g/mol. The Morgan fingerprint density at radius 1 is 1.35 bits per heavy atom. The fourth-order valence-electron chi connectivity index (χ4n) is 2.84. The Kier molecular flexibility index (Phi) is 5.13. The summed E-state index contributed by atoms with van der Waals surface area (Å²) in [5, 5.41) is 0. The first-order valence-electron chi connectivity index (χ1n) is 7.94. The molecule has 0 bridgehead atoms. The number of fused-ring (bicyclic) bond motifs is 1. The first-order chi connectivity index (χ1) is 11.0. The second kappa shape index (κ2) is 6.89. The minimum Gasteiger partial charge on any atom is -0.475 e. The Hall–Kier alpha value is -2.24. The van der Waals surface area contributed by atoms with Crippen LogP contribution in [0, 0.1) is 0 Å². The molecule has 0 aliphatic carbocycles. The molecule has 2 N–H and O–H groups in total. The number of hydrogen-bond acceptors (Lipinski definition) is 5. The quantitative estimate of drug-likeness (QED) is 0.643. The number of rotatable bonds is 6. The van der Waals surface area contributed by atoms with E-state index in [1.807, 2.05) is 13.8 Å². The number of hydrogen-bond donors (Lipinski definition) is 1. The molecule has 0 atom stereocenters. The maximum Gasteiger partial charge on any atom is 0.305 e. The van der Waals surface area contributed by atoms with Crippen LogP contribution >= 0.6 is 0 Å². The van der Waals surface area contributed by atoms with Gasteiger partial charge in [0.25, 0.3) is 5.91 Å². The van der Waals surface area contributed by atoms with Gasteiger partial charge in [-0.25, -0.2) is 0 Å². The molecule has 1 aromatic carbocycles. The van der Waals surface area contributed by atoms with E-state index in [0.717, 1.165) is 0 Å². The van der Waals surface area contributed by atoms with Gasteiger partial charge in [0.2, 0.25) is 0 Å². The highest BCUT2D eigenvalue weighted by molar-refractivity contribution is 6.03. The Labute approximate surface area is 136 Å². The maximum atomic E-state index is 13.0. The molecule has 0 unspecified atom stereocenters. The van der Waals surface area contributed by atoms with E-state index in [1.54, 1.807) is 23.1 Å². The van der Waals surface area contributed by atoms with Crippen molar-refractivity contribution in [1.82, 2.24) is 0 Å². The summed E-state index contributed by atoms with van der Waals surface area (Å²) in [7, 11) is 1.36. The number of methoxy groups -OCH3 is 1. The van der Waals surface area contributed by atoms with Gasteiger partial charge >= 0.3 is 5.97 Å². The largest absolute Gasteiger partial charge is 0.475 e. The number of nitrogens with two attached hydrogens (primary N) is 1. The summed E-state index contributed by atoms with van der Waals surface area (Å²) in [6.45, 7) is 4.31. The van der Waals surface area contributed by atoms with Crippen molar-refractivity contribution in [2.45, 2.75) is 45.1 Å². The molecule has 0 aromatic heterocycles. The SMILES string of the molecule is CCC1(CC)Oc2ccc(N)cc2N(CCCC(=O)OC)C1=O. The highest BCUT2D eigenvalue weighted by atomic mass is 16.5. The van der Waals surface area contributed by atoms with Crippen LogP contribution < -0.4 is 15.4 Å². The van der Waals surface area contributed by atoms with Crippen molar-refractivity contribution >= 4 is 23.3 Å². The van der Waals surface area contributed by atoms with E-state index in [4.69, 9.17) is 10.5 Å². The van der Waals surface area contributed by atoms with Crippen molar-refractivity contribution < 1.29 is 19.1 Å². The van der Waals surface area contributed by atoms with Gasteiger partial charge < -0.3 is 20.1 Å². The molecular weight excluding hydrogens is 296 g/mol. The van der Waals surface area contributed by atoms with Crippen molar-refractivity contribution in [2.75, 3.05) is 24.3 Å². The first kappa shape index (κ1) is 17.1. The highest BCUT2D eigenvalue weighted by Crippen LogP contribution is 2.41. The van der Waals surface area contributed by atoms with Gasteiger partial charge in [0.05, 0.1) is 12.8 Å². The second-order valence-electron chi connectivity index (χ2n) is 5.67. The van der Waals surface area contributed by atoms with Crippen molar-refractivity contribution in [1.29, 1.82) is 0 Å². The van der Waals surface area contributed by atoms with E-state index in [2.05, 4.69) is 4.74 Å². The van der Waals surface area contributed by atoms with Crippen LogP contribution in [0.3, 0.4) is 0 Å². The number of carbonyl (C=O) groups excluding carboxylic acids is 2. The lowest BCUT2D eigenvalue weighted by Gasteiger charge is -2.42. The number of ether oxygens (including phenoxy) is 2. The molecule has 0 radical (unpaired) electrons. The van der Waals surface area contributed by atoms with E-state index in [-0.39, 0.29) is 18.3 Å². The lowest BCUT2D eigenvalue weighted by Crippen LogP contribution is -2.55. The minimum atomic E-state index is -0.853. The average Bonchev–Trinajstić information content (AvgIpc) is 2.56. The van der Waals surface area contributed by atoms with Crippen LogP contribution in [0.2, 0.25) is 0 Å². The number of esters is 1. The topological polar surface area (TPSA) is 81.9 Å². The van der Waals surface area contributed by atoms with Gasteiger partial charge in [-0.15, -0.1) is 0 Å². The van der Waals surface area contributed by atoms with E-state index in [0.29, 0.717) is 42.9 Å². The van der Waals surface area contributed by atoms with E-state index >= 15 is 0 Å². The smallest absolute Gasteiger partial charge is 0.305 e. The Morgan fingerprint density at radius 3 is 2.65 bits per heavy atom. The lowest BCUT2D eigenvalue weighted by molar-refractivity contribution is -0.141. The molecule has 0 saturated carbocycles. The summed E-state index contributed by atoms with van der Waals surface area (Å²) >= 11 is 0. The van der Waals surface area contributed by atoms with Gasteiger partial charge in [0, 0.05) is 18.7 Å². The van der Waals surface area contributed by atoms with Crippen molar-refractivity contribution in [3.8, 4) is 5.75 Å². The molecule has 1 aliphatic heterocycles. The van der Waals surface area contributed by atoms with E-state index < -0.39 is 5.60 Å². The van der Waals surface area contributed by atoms with Gasteiger partial charge in [-0.3, -0.25) is 9.59 Å². The molecule has 1 heterocycles. The third-order valence-corrected chi connectivity index (χ3v) is 4.35. The molecule has 1 aromatic rings. The van der Waals surface area contributed by atoms with Crippen LogP contribution in [-0.4, -0.2) is 31.1 Å². The van der Waals surface area contributed by atoms with Gasteiger partial charge in [-0.05, 0) is 37.5 Å². The zero-order valence-corrected chi connectivity index (χ0v) is 13.9. The Bertz CT molecular complexity index is 596. The van der Waals surface area contributed by atoms with Crippen molar-refractivity contribution in [2.24, 2.45) is 0 Å². The number of nitrogens with zero attached hydrogens (tertiary/aromatic N) is 1. The standard InChI is InChI=1S/C17H24N2O4/c1-4-17(5-2)16(21)19(10-6-7-15(20)22-3)13-11-12(18)8-9-14(13)23-17/h8-9,11H,4-7,10,18H2,1-3H3. The van der Waals surface area contributed by atoms with Crippen LogP contribution in [0.5, 0.6) is 5.75 Å². The van der Waals surface area contributed by atoms with Gasteiger partial charge in [-0.1, -0.05) is 13.8 Å². The molecule has 1 amide bonds. The van der Waals surface area contributed by atoms with Crippen LogP contribution in [0.1, 0.15) is 39.5 Å². The van der Waals surface area contributed by atoms with Crippen LogP contribution in [0.4, 0.5) is 11.4 Å². The summed E-state index contributed by atoms with van der Waals surface area (Å²) in [6, 6.07) is 5.29. The number of nitrogen functional groups attached to an aromatic ring is 1. The zero-order valence-electron chi connectivity index (χ0n) is 13.9. The van der Waals surface area contributed by atoms with E-state index in [9.17, 15) is 9.59 Å². The predicted molar refractivity (Wildman–Crippen MR) is 88.4 cm³/mol. The summed E-state index contributed by atoms with van der Waals surface area (Å²) in [5.41, 5.74) is 6.23. The third-order valence-electron chi connectivity index (χ3n) is 4.35. The number of benzene rings is 1. The highest BCUT2D eigenvalue weighted by Gasteiger charge is 2.45. The Balaban J connectivity index is 2.31. The molecule has 0 saturated heterocycles. The average molecular weight is 320 g/mol. The van der Waals surface area contributed by atoms with Gasteiger partial charge in [0.1, 0.15) is 5.75 Å². The number of amides is 1. The first-order valence-corrected chi connectivity index (χ1v) is 7.94. The van der Waals surface area contributed by atoms with Crippen LogP contribution in [-0.2, 0) is 14.3 Å². The molecule has 23 heavy (non-hydrogen) atoms. The molecule has 0 spiro atoms. The molecular formula is C17H24N2O4. The van der Waals surface area contributed by atoms with Crippen LogP contribution in [0.15, 0.2) is 18.2 Å². The minimum absolute atomic E-state index is 0.0783. The van der Waals surface area contributed by atoms with Crippen molar-refractivity contribution in [3.05, 3.63) is 18.2 Å². The molecule has 1 aliphatic rings. The summed E-state index contributed by atoms with van der Waals surface area (Å²) in [5.74, 6) is 0.293. The number of carbonyl (C=O) groups is 2. The second-order valence-corrected chi connectivity index (χ2v) is 5.67. The molecule has 6 heteroatoms. The zero-order chi connectivity index (χ0) is 17.0. The summed E-state index contributed by atoms with van der Waals surface area (Å²) in [6.07, 6.45) is 1.96. The normalized spacial score (nSPS) is 15.8. The fraction of sp³-hybridized carbons (Fsp3) is 0.529. The summed E-state index contributed by atoms with van der Waals surface area (Å²) < 4.78 is 10.7. The third kappa shape index (κ3) is 3.25. The van der Waals surface area contributed by atoms with Crippen molar-refractivity contribution in [3.63, 3.8) is 0 Å².